The Morgan fingerprint density at radius 3 is 2.72 bits per heavy atom. The van der Waals surface area contributed by atoms with E-state index in [0.29, 0.717) is 22.8 Å². The molecule has 0 aliphatic rings. The molecule has 0 radical (unpaired) electrons. The third-order valence-electron chi connectivity index (χ3n) is 4.09. The number of aryl methyl sites for hydroxylation is 1. The van der Waals surface area contributed by atoms with Crippen LogP contribution in [0.5, 0.6) is 0 Å². The van der Waals surface area contributed by atoms with Crippen molar-refractivity contribution >= 4 is 23.1 Å². The molecule has 1 amide bonds. The molecule has 0 saturated carbocycles. The van der Waals surface area contributed by atoms with Gasteiger partial charge in [-0.3, -0.25) is 14.6 Å². The van der Waals surface area contributed by atoms with Gasteiger partial charge in [0.15, 0.2) is 0 Å². The summed E-state index contributed by atoms with van der Waals surface area (Å²) >= 11 is 1.51. The van der Waals surface area contributed by atoms with Crippen molar-refractivity contribution in [3.05, 3.63) is 81.3 Å². The van der Waals surface area contributed by atoms with Crippen LogP contribution in [-0.4, -0.2) is 25.7 Å². The number of nitrogens with one attached hydrogen (secondary N) is 2. The van der Waals surface area contributed by atoms with Crippen LogP contribution in [-0.2, 0) is 11.2 Å². The van der Waals surface area contributed by atoms with Crippen molar-refractivity contribution in [2.45, 2.75) is 13.3 Å². The van der Waals surface area contributed by atoms with Gasteiger partial charge in [0.05, 0.1) is 11.3 Å². The molecular formula is C20H16FN5O2S. The van der Waals surface area contributed by atoms with E-state index in [-0.39, 0.29) is 29.7 Å². The molecule has 7 nitrogen and oxygen atoms in total. The van der Waals surface area contributed by atoms with Gasteiger partial charge < -0.3 is 5.32 Å². The van der Waals surface area contributed by atoms with E-state index >= 15 is 0 Å². The van der Waals surface area contributed by atoms with Crippen molar-refractivity contribution in [3.8, 4) is 16.5 Å². The molecule has 0 unspecified atom stereocenters. The van der Waals surface area contributed by atoms with Crippen molar-refractivity contribution in [3.63, 3.8) is 0 Å². The average molecular weight is 409 g/mol. The largest absolute Gasteiger partial charge is 0.310 e. The molecule has 3 heterocycles. The third-order valence-corrected chi connectivity index (χ3v) is 4.98. The summed E-state index contributed by atoms with van der Waals surface area (Å²) in [6.45, 7) is 1.70. The molecule has 9 heteroatoms. The van der Waals surface area contributed by atoms with Crippen molar-refractivity contribution in [2.75, 3.05) is 5.32 Å². The molecule has 0 atom stereocenters. The van der Waals surface area contributed by atoms with Crippen LogP contribution in [0.1, 0.15) is 11.3 Å². The maximum Gasteiger partial charge on any atom is 0.252 e. The minimum absolute atomic E-state index is 0.0670. The van der Waals surface area contributed by atoms with E-state index in [1.54, 1.807) is 25.1 Å². The molecule has 0 aliphatic heterocycles. The van der Waals surface area contributed by atoms with Crippen molar-refractivity contribution in [1.29, 1.82) is 0 Å². The number of thiophene rings is 1. The fourth-order valence-corrected chi connectivity index (χ4v) is 3.50. The molecule has 146 valence electrons. The highest BCUT2D eigenvalue weighted by Gasteiger charge is 2.16. The fraction of sp³-hybridized carbons (Fsp3) is 0.100. The summed E-state index contributed by atoms with van der Waals surface area (Å²) in [6.07, 6.45) is 0.0670. The number of carbonyl (C=O) groups excluding carboxylic acids is 1. The fourth-order valence-electron chi connectivity index (χ4n) is 2.81. The number of benzene rings is 1. The number of aromatic nitrogens is 4. The summed E-state index contributed by atoms with van der Waals surface area (Å²) in [5.74, 6) is -0.0862. The number of hydrogen-bond donors (Lipinski definition) is 2. The molecular weight excluding hydrogens is 393 g/mol. The van der Waals surface area contributed by atoms with E-state index in [1.807, 2.05) is 17.5 Å². The molecule has 4 aromatic rings. The van der Waals surface area contributed by atoms with Crippen LogP contribution in [0.25, 0.3) is 16.5 Å². The second-order valence-corrected chi connectivity index (χ2v) is 7.31. The van der Waals surface area contributed by atoms with E-state index in [0.717, 1.165) is 4.88 Å². The second kappa shape index (κ2) is 7.80. The first-order chi connectivity index (χ1) is 14.0. The van der Waals surface area contributed by atoms with E-state index in [2.05, 4.69) is 20.4 Å². The second-order valence-electron chi connectivity index (χ2n) is 6.37. The monoisotopic (exact) mass is 409 g/mol. The van der Waals surface area contributed by atoms with Crippen LogP contribution in [0.2, 0.25) is 0 Å². The Bertz CT molecular complexity index is 1210. The summed E-state index contributed by atoms with van der Waals surface area (Å²) < 4.78 is 14.5. The molecule has 0 bridgehead atoms. The molecule has 2 N–H and O–H groups in total. The van der Waals surface area contributed by atoms with Gasteiger partial charge in [0.25, 0.3) is 5.56 Å². The predicted octanol–water partition coefficient (Wildman–Crippen LogP) is 3.31. The van der Waals surface area contributed by atoms with E-state index in [1.165, 1.54) is 34.2 Å². The average Bonchev–Trinajstić information content (AvgIpc) is 3.32. The summed E-state index contributed by atoms with van der Waals surface area (Å²) in [5, 5.41) is 9.24. The minimum Gasteiger partial charge on any atom is -0.310 e. The Morgan fingerprint density at radius 1 is 1.24 bits per heavy atom. The zero-order valence-corrected chi connectivity index (χ0v) is 16.2. The van der Waals surface area contributed by atoms with Crippen LogP contribution in [0.4, 0.5) is 10.2 Å². The number of aromatic amines is 1. The van der Waals surface area contributed by atoms with Crippen LogP contribution in [0, 0.1) is 12.7 Å². The van der Waals surface area contributed by atoms with Crippen molar-refractivity contribution in [2.24, 2.45) is 0 Å². The summed E-state index contributed by atoms with van der Waals surface area (Å²) in [7, 11) is 0. The van der Waals surface area contributed by atoms with Gasteiger partial charge in [0, 0.05) is 17.8 Å². The van der Waals surface area contributed by atoms with Gasteiger partial charge in [-0.1, -0.05) is 18.2 Å². The highest BCUT2D eigenvalue weighted by Crippen LogP contribution is 2.27. The third kappa shape index (κ3) is 4.30. The minimum atomic E-state index is -0.359. The van der Waals surface area contributed by atoms with E-state index < -0.39 is 0 Å². The summed E-state index contributed by atoms with van der Waals surface area (Å²) in [4.78, 5) is 32.3. The number of carbonyl (C=O) groups is 1. The van der Waals surface area contributed by atoms with Gasteiger partial charge in [0.1, 0.15) is 17.3 Å². The molecule has 0 fully saturated rings. The number of halogens is 1. The van der Waals surface area contributed by atoms with Gasteiger partial charge in [-0.15, -0.1) is 11.3 Å². The maximum atomic E-state index is 13.1. The number of nitrogens with zero attached hydrogens (tertiary/aromatic N) is 3. The first-order valence-corrected chi connectivity index (χ1v) is 9.62. The molecule has 29 heavy (non-hydrogen) atoms. The van der Waals surface area contributed by atoms with Crippen LogP contribution >= 0.6 is 11.3 Å². The SMILES string of the molecule is Cc1cc(=O)[nH]c(-n2nc(-c3cccs3)cc2NC(=O)Cc2ccc(F)cc2)n1. The number of amides is 1. The first-order valence-electron chi connectivity index (χ1n) is 8.74. The van der Waals surface area contributed by atoms with Gasteiger partial charge in [-0.25, -0.2) is 9.37 Å². The molecule has 0 spiro atoms. The van der Waals surface area contributed by atoms with Gasteiger partial charge >= 0.3 is 0 Å². The number of H-pyrrole nitrogens is 1. The number of hydrogen-bond acceptors (Lipinski definition) is 5. The van der Waals surface area contributed by atoms with E-state index in [4.69, 9.17) is 0 Å². The Morgan fingerprint density at radius 2 is 2.03 bits per heavy atom. The lowest BCUT2D eigenvalue weighted by Crippen LogP contribution is -2.20. The molecule has 0 aliphatic carbocycles. The molecule has 0 saturated heterocycles. The van der Waals surface area contributed by atoms with Crippen LogP contribution < -0.4 is 10.9 Å². The number of rotatable bonds is 5. The van der Waals surface area contributed by atoms with Gasteiger partial charge in [0.2, 0.25) is 11.9 Å². The highest BCUT2D eigenvalue weighted by atomic mass is 32.1. The van der Waals surface area contributed by atoms with Gasteiger partial charge in [-0.05, 0) is 36.1 Å². The topological polar surface area (TPSA) is 92.7 Å². The van der Waals surface area contributed by atoms with Gasteiger partial charge in [-0.2, -0.15) is 9.78 Å². The van der Waals surface area contributed by atoms with E-state index in [9.17, 15) is 14.0 Å². The number of anilines is 1. The molecule has 4 rings (SSSR count). The lowest BCUT2D eigenvalue weighted by molar-refractivity contribution is -0.115. The Kier molecular flexibility index (Phi) is 5.05. The first kappa shape index (κ1) is 18.8. The highest BCUT2D eigenvalue weighted by molar-refractivity contribution is 7.13. The Balaban J connectivity index is 1.68. The standard InChI is InChI=1S/C20H16FN5O2S/c1-12-9-18(27)24-20(22-12)26-17(11-15(25-26)16-3-2-8-29-16)23-19(28)10-13-4-6-14(21)7-5-13/h2-9,11H,10H2,1H3,(H,23,28)(H,22,24,27). The van der Waals surface area contributed by atoms with Crippen LogP contribution in [0.3, 0.4) is 0 Å². The summed E-state index contributed by atoms with van der Waals surface area (Å²) in [6, 6.07) is 12.6. The van der Waals surface area contributed by atoms with Crippen LogP contribution in [0.15, 0.2) is 58.7 Å². The maximum absolute atomic E-state index is 13.1. The van der Waals surface area contributed by atoms with Crippen molar-refractivity contribution < 1.29 is 9.18 Å². The zero-order chi connectivity index (χ0) is 20.4. The smallest absolute Gasteiger partial charge is 0.252 e. The molecule has 1 aromatic carbocycles. The Labute approximate surface area is 168 Å². The predicted molar refractivity (Wildman–Crippen MR) is 109 cm³/mol. The lowest BCUT2D eigenvalue weighted by atomic mass is 10.1. The molecule has 3 aromatic heterocycles. The van der Waals surface area contributed by atoms with Crippen molar-refractivity contribution in [1.82, 2.24) is 19.7 Å². The quantitative estimate of drug-likeness (QED) is 0.529. The summed E-state index contributed by atoms with van der Waals surface area (Å²) in [5.41, 5.74) is 1.53. The zero-order valence-electron chi connectivity index (χ0n) is 15.3. The normalized spacial score (nSPS) is 10.8. The lowest BCUT2D eigenvalue weighted by Gasteiger charge is -2.08. The Hall–Kier alpha value is -3.59.